The van der Waals surface area contributed by atoms with Crippen molar-refractivity contribution >= 4 is 23.5 Å². The molecule has 1 aromatic heterocycles. The maximum atomic E-state index is 12.0. The summed E-state index contributed by atoms with van der Waals surface area (Å²) in [5.41, 5.74) is 1.34. The monoisotopic (exact) mass is 305 g/mol. The first-order valence-corrected chi connectivity index (χ1v) is 7.79. The summed E-state index contributed by atoms with van der Waals surface area (Å²) < 4.78 is 0. The lowest BCUT2D eigenvalue weighted by molar-refractivity contribution is -0.118. The molecule has 5 nitrogen and oxygen atoms in total. The average molecular weight is 305 g/mol. The van der Waals surface area contributed by atoms with Crippen molar-refractivity contribution in [2.24, 2.45) is 5.41 Å². The van der Waals surface area contributed by atoms with Crippen LogP contribution in [0.15, 0.2) is 24.0 Å². The highest BCUT2D eigenvalue weighted by Crippen LogP contribution is 2.34. The highest BCUT2D eigenvalue weighted by molar-refractivity contribution is 7.99. The summed E-state index contributed by atoms with van der Waals surface area (Å²) in [6.07, 6.45) is 4.50. The number of aromatic nitrogens is 2. The van der Waals surface area contributed by atoms with Gasteiger partial charge in [0, 0.05) is 19.2 Å². The molecule has 0 radical (unpaired) electrons. The molecule has 1 heterocycles. The number of carbonyl (C=O) groups is 2. The van der Waals surface area contributed by atoms with Crippen LogP contribution in [0.5, 0.6) is 0 Å². The molecule has 1 aliphatic rings. The Morgan fingerprint density at radius 3 is 3.00 bits per heavy atom. The van der Waals surface area contributed by atoms with Crippen molar-refractivity contribution in [3.05, 3.63) is 30.1 Å². The molecule has 6 heteroatoms. The maximum Gasteiger partial charge on any atom is 0.230 e. The van der Waals surface area contributed by atoms with Gasteiger partial charge in [0.15, 0.2) is 10.9 Å². The van der Waals surface area contributed by atoms with E-state index in [1.54, 1.807) is 12.3 Å². The summed E-state index contributed by atoms with van der Waals surface area (Å²) in [6.45, 7) is 8.12. The summed E-state index contributed by atoms with van der Waals surface area (Å²) in [5.74, 6) is 0.267. The predicted molar refractivity (Wildman–Crippen MR) is 82.4 cm³/mol. The van der Waals surface area contributed by atoms with Crippen LogP contribution in [0.3, 0.4) is 0 Å². The molecule has 0 bridgehead atoms. The predicted octanol–water partition coefficient (Wildman–Crippen LogP) is 2.03. The Labute approximate surface area is 128 Å². The summed E-state index contributed by atoms with van der Waals surface area (Å²) in [4.78, 5) is 32.2. The van der Waals surface area contributed by atoms with Gasteiger partial charge in [0.2, 0.25) is 5.91 Å². The fraction of sp³-hybridized carbons (Fsp3) is 0.467. The fourth-order valence-electron chi connectivity index (χ4n) is 2.25. The van der Waals surface area contributed by atoms with Crippen LogP contribution in [0, 0.1) is 5.41 Å². The second kappa shape index (κ2) is 6.39. The van der Waals surface area contributed by atoms with Crippen molar-refractivity contribution < 1.29 is 9.59 Å². The lowest BCUT2D eigenvalue weighted by atomic mass is 9.76. The number of thioether (sulfide) groups is 1. The van der Waals surface area contributed by atoms with Gasteiger partial charge in [-0.3, -0.25) is 9.59 Å². The van der Waals surface area contributed by atoms with E-state index in [0.29, 0.717) is 23.7 Å². The van der Waals surface area contributed by atoms with E-state index in [-0.39, 0.29) is 22.9 Å². The van der Waals surface area contributed by atoms with Crippen molar-refractivity contribution in [2.45, 2.75) is 31.8 Å². The van der Waals surface area contributed by atoms with Crippen molar-refractivity contribution in [1.29, 1.82) is 0 Å². The van der Waals surface area contributed by atoms with Gasteiger partial charge in [-0.15, -0.1) is 6.58 Å². The number of amides is 1. The molecule has 1 amide bonds. The highest BCUT2D eigenvalue weighted by atomic mass is 32.2. The Morgan fingerprint density at radius 1 is 1.52 bits per heavy atom. The Bertz CT molecular complexity index is 584. The molecule has 0 saturated carbocycles. The molecule has 0 fully saturated rings. The van der Waals surface area contributed by atoms with E-state index in [4.69, 9.17) is 0 Å². The molecule has 1 aliphatic carbocycles. The average Bonchev–Trinajstić information content (AvgIpc) is 2.41. The van der Waals surface area contributed by atoms with E-state index in [1.807, 2.05) is 0 Å². The van der Waals surface area contributed by atoms with Crippen LogP contribution in [-0.2, 0) is 11.2 Å². The normalized spacial score (nSPS) is 16.2. The molecular formula is C15H19N3O2S. The van der Waals surface area contributed by atoms with Gasteiger partial charge in [0.05, 0.1) is 17.0 Å². The molecule has 112 valence electrons. The first-order valence-electron chi connectivity index (χ1n) is 6.81. The van der Waals surface area contributed by atoms with Gasteiger partial charge in [-0.25, -0.2) is 9.97 Å². The lowest BCUT2D eigenvalue weighted by Crippen LogP contribution is -2.28. The Kier molecular flexibility index (Phi) is 4.77. The number of fused-ring (bicyclic) bond motifs is 1. The van der Waals surface area contributed by atoms with Crippen molar-refractivity contribution in [2.75, 3.05) is 12.3 Å². The number of hydrogen-bond donors (Lipinski definition) is 1. The van der Waals surface area contributed by atoms with E-state index in [0.717, 1.165) is 12.1 Å². The quantitative estimate of drug-likeness (QED) is 0.512. The summed E-state index contributed by atoms with van der Waals surface area (Å²) in [5, 5.41) is 3.23. The van der Waals surface area contributed by atoms with Crippen LogP contribution in [0.4, 0.5) is 0 Å². The van der Waals surface area contributed by atoms with Crippen molar-refractivity contribution in [3.8, 4) is 0 Å². The van der Waals surface area contributed by atoms with Gasteiger partial charge in [-0.1, -0.05) is 31.7 Å². The molecule has 0 atom stereocenters. The van der Waals surface area contributed by atoms with E-state index in [9.17, 15) is 9.59 Å². The standard InChI is InChI=1S/C15H19N3O2S/c1-4-5-16-13(20)9-21-14-17-8-10-11(18-14)6-15(2,3)7-12(10)19/h4,8H,1,5-7,9H2,2-3H3,(H,16,20). The third-order valence-corrected chi connectivity index (χ3v) is 4.07. The van der Waals surface area contributed by atoms with Gasteiger partial charge in [-0.2, -0.15) is 0 Å². The number of Topliss-reactive ketones (excluding diaryl/α,β-unsaturated/α-hetero) is 1. The molecule has 21 heavy (non-hydrogen) atoms. The third-order valence-electron chi connectivity index (χ3n) is 3.21. The SMILES string of the molecule is C=CCNC(=O)CSc1ncc2c(n1)CC(C)(C)CC2=O. The summed E-state index contributed by atoms with van der Waals surface area (Å²) in [7, 11) is 0. The minimum Gasteiger partial charge on any atom is -0.352 e. The molecule has 0 aliphatic heterocycles. The van der Waals surface area contributed by atoms with Crippen LogP contribution in [0.1, 0.15) is 36.3 Å². The van der Waals surface area contributed by atoms with Crippen molar-refractivity contribution in [3.63, 3.8) is 0 Å². The van der Waals surface area contributed by atoms with E-state index in [2.05, 4.69) is 35.7 Å². The van der Waals surface area contributed by atoms with Gasteiger partial charge in [0.25, 0.3) is 0 Å². The molecule has 0 aromatic carbocycles. The first-order chi connectivity index (χ1) is 9.91. The second-order valence-corrected chi connectivity index (χ2v) is 6.78. The smallest absolute Gasteiger partial charge is 0.230 e. The zero-order valence-electron chi connectivity index (χ0n) is 12.3. The fourth-order valence-corrected chi connectivity index (χ4v) is 2.91. The zero-order chi connectivity index (χ0) is 15.5. The van der Waals surface area contributed by atoms with Crippen LogP contribution < -0.4 is 5.32 Å². The summed E-state index contributed by atoms with van der Waals surface area (Å²) in [6, 6.07) is 0. The van der Waals surface area contributed by atoms with Crippen LogP contribution in [0.25, 0.3) is 0 Å². The van der Waals surface area contributed by atoms with E-state index in [1.165, 1.54) is 11.8 Å². The minimum absolute atomic E-state index is 0.0677. The molecule has 2 rings (SSSR count). The minimum atomic E-state index is -0.0855. The van der Waals surface area contributed by atoms with Crippen LogP contribution >= 0.6 is 11.8 Å². The third kappa shape index (κ3) is 4.14. The number of carbonyl (C=O) groups excluding carboxylic acids is 2. The molecule has 0 saturated heterocycles. The van der Waals surface area contributed by atoms with E-state index < -0.39 is 0 Å². The Hall–Kier alpha value is -1.69. The molecular weight excluding hydrogens is 286 g/mol. The Balaban J connectivity index is 2.05. The number of nitrogens with one attached hydrogen (secondary N) is 1. The molecule has 1 N–H and O–H groups in total. The van der Waals surface area contributed by atoms with Gasteiger partial charge in [-0.05, 0) is 11.8 Å². The highest BCUT2D eigenvalue weighted by Gasteiger charge is 2.32. The van der Waals surface area contributed by atoms with Gasteiger partial charge in [0.1, 0.15) is 0 Å². The maximum absolute atomic E-state index is 12.0. The largest absolute Gasteiger partial charge is 0.352 e. The Morgan fingerprint density at radius 2 is 2.29 bits per heavy atom. The molecule has 0 spiro atoms. The topological polar surface area (TPSA) is 72.0 Å². The van der Waals surface area contributed by atoms with Crippen molar-refractivity contribution in [1.82, 2.24) is 15.3 Å². The molecule has 0 unspecified atom stereocenters. The zero-order valence-corrected chi connectivity index (χ0v) is 13.1. The van der Waals surface area contributed by atoms with Crippen LogP contribution in [0.2, 0.25) is 0 Å². The number of hydrogen-bond acceptors (Lipinski definition) is 5. The number of rotatable bonds is 5. The van der Waals surface area contributed by atoms with E-state index >= 15 is 0 Å². The second-order valence-electron chi connectivity index (χ2n) is 5.84. The first kappa shape index (κ1) is 15.7. The lowest BCUT2D eigenvalue weighted by Gasteiger charge is -2.29. The van der Waals surface area contributed by atoms with Gasteiger partial charge >= 0.3 is 0 Å². The number of nitrogens with zero attached hydrogens (tertiary/aromatic N) is 2. The number of ketones is 1. The summed E-state index contributed by atoms with van der Waals surface area (Å²) >= 11 is 1.27. The van der Waals surface area contributed by atoms with Crippen LogP contribution in [-0.4, -0.2) is 34.0 Å². The van der Waals surface area contributed by atoms with Gasteiger partial charge < -0.3 is 5.32 Å². The molecule has 1 aromatic rings.